The molecule has 0 aliphatic carbocycles. The summed E-state index contributed by atoms with van der Waals surface area (Å²) in [5, 5.41) is 14.6. The summed E-state index contributed by atoms with van der Waals surface area (Å²) in [5.41, 5.74) is 2.11. The van der Waals surface area contributed by atoms with Crippen LogP contribution in [0.1, 0.15) is 11.4 Å². The molecule has 3 N–H and O–H groups in total. The molecule has 0 aliphatic rings. The van der Waals surface area contributed by atoms with E-state index in [9.17, 15) is 8.42 Å². The number of guanidine groups is 1. The summed E-state index contributed by atoms with van der Waals surface area (Å²) in [6.07, 6.45) is 3.02. The molecule has 0 spiro atoms. The maximum atomic E-state index is 11.5. The fraction of sp³-hybridized carbons (Fsp3) is 0.235. The van der Waals surface area contributed by atoms with Crippen molar-refractivity contribution in [3.63, 3.8) is 0 Å². The summed E-state index contributed by atoms with van der Waals surface area (Å²) >= 11 is 0. The highest BCUT2D eigenvalue weighted by Gasteiger charge is 2.09. The van der Waals surface area contributed by atoms with Crippen molar-refractivity contribution in [2.75, 3.05) is 18.0 Å². The monoisotopic (exact) mass is 515 g/mol. The van der Waals surface area contributed by atoms with Gasteiger partial charge in [-0.25, -0.2) is 8.42 Å². The minimum Gasteiger partial charge on any atom is -0.352 e. The summed E-state index contributed by atoms with van der Waals surface area (Å²) in [5.74, 6) is 1.32. The van der Waals surface area contributed by atoms with E-state index in [4.69, 9.17) is 0 Å². The third-order valence-electron chi connectivity index (χ3n) is 3.78. The lowest BCUT2D eigenvalue weighted by molar-refractivity contribution is 0.606. The van der Waals surface area contributed by atoms with Crippen LogP contribution in [0.2, 0.25) is 0 Å². The van der Waals surface area contributed by atoms with Crippen molar-refractivity contribution >= 4 is 51.3 Å². The lowest BCUT2D eigenvalue weighted by Crippen LogP contribution is -2.37. The van der Waals surface area contributed by atoms with Crippen molar-refractivity contribution in [2.45, 2.75) is 13.1 Å². The molecule has 0 saturated heterocycles. The van der Waals surface area contributed by atoms with Crippen molar-refractivity contribution in [2.24, 2.45) is 4.99 Å². The normalized spacial score (nSPS) is 11.7. The van der Waals surface area contributed by atoms with E-state index in [0.29, 0.717) is 24.7 Å². The summed E-state index contributed by atoms with van der Waals surface area (Å²) in [7, 11) is -1.68. The van der Waals surface area contributed by atoms with E-state index in [0.717, 1.165) is 23.3 Å². The van der Waals surface area contributed by atoms with Gasteiger partial charge in [-0.05, 0) is 23.8 Å². The Labute approximate surface area is 180 Å². The predicted octanol–water partition coefficient (Wildman–Crippen LogP) is 1.58. The minimum absolute atomic E-state index is 0. The number of aromatic nitrogens is 3. The fourth-order valence-electron chi connectivity index (χ4n) is 2.55. The molecule has 0 atom stereocenters. The number of nitrogens with zero attached hydrogens (tertiary/aromatic N) is 4. The Hall–Kier alpha value is -2.41. The molecule has 1 aromatic carbocycles. The molecule has 0 bridgehead atoms. The van der Waals surface area contributed by atoms with Gasteiger partial charge >= 0.3 is 0 Å². The number of nitrogens with one attached hydrogen (secondary N) is 3. The highest BCUT2D eigenvalue weighted by Crippen LogP contribution is 2.15. The van der Waals surface area contributed by atoms with E-state index in [2.05, 4.69) is 30.5 Å². The van der Waals surface area contributed by atoms with Crippen LogP contribution in [0.4, 0.5) is 5.69 Å². The number of anilines is 1. The van der Waals surface area contributed by atoms with Gasteiger partial charge in [-0.15, -0.1) is 34.2 Å². The first kappa shape index (κ1) is 21.9. The first-order valence-electron chi connectivity index (χ1n) is 8.25. The van der Waals surface area contributed by atoms with Gasteiger partial charge < -0.3 is 10.6 Å². The van der Waals surface area contributed by atoms with E-state index in [1.54, 1.807) is 19.2 Å². The average Bonchev–Trinajstić information content (AvgIpc) is 3.05. The number of rotatable bonds is 6. The molecule has 3 rings (SSSR count). The molecular formula is C17H22IN7O2S. The van der Waals surface area contributed by atoms with Crippen molar-refractivity contribution in [3.05, 3.63) is 60.0 Å². The zero-order valence-electron chi connectivity index (χ0n) is 15.5. The van der Waals surface area contributed by atoms with Crippen LogP contribution in [-0.2, 0) is 23.1 Å². The van der Waals surface area contributed by atoms with Crippen LogP contribution in [0.3, 0.4) is 0 Å². The quantitative estimate of drug-likeness (QED) is 0.261. The number of hydrogen-bond donors (Lipinski definition) is 3. The molecular weight excluding hydrogens is 493 g/mol. The van der Waals surface area contributed by atoms with Gasteiger partial charge in [-0.2, -0.15) is 0 Å². The number of hydrogen-bond acceptors (Lipinski definition) is 5. The van der Waals surface area contributed by atoms with Crippen LogP contribution in [0.5, 0.6) is 0 Å². The number of sulfonamides is 1. The molecule has 150 valence electrons. The van der Waals surface area contributed by atoms with Crippen LogP contribution in [0.15, 0.2) is 53.7 Å². The molecule has 3 aromatic rings. The zero-order chi connectivity index (χ0) is 19.3. The third-order valence-corrected chi connectivity index (χ3v) is 4.37. The van der Waals surface area contributed by atoms with Gasteiger partial charge in [-0.1, -0.05) is 24.3 Å². The van der Waals surface area contributed by atoms with Crippen molar-refractivity contribution in [1.29, 1.82) is 0 Å². The second-order valence-corrected chi connectivity index (χ2v) is 7.60. The lowest BCUT2D eigenvalue weighted by Gasteiger charge is -2.14. The van der Waals surface area contributed by atoms with Gasteiger partial charge in [0.25, 0.3) is 0 Å². The second kappa shape index (κ2) is 9.68. The van der Waals surface area contributed by atoms with Gasteiger partial charge in [-0.3, -0.25) is 14.1 Å². The lowest BCUT2D eigenvalue weighted by atomic mass is 10.2. The molecule has 0 fully saturated rings. The maximum absolute atomic E-state index is 11.5. The molecule has 11 heteroatoms. The highest BCUT2D eigenvalue weighted by molar-refractivity contribution is 14.0. The van der Waals surface area contributed by atoms with Gasteiger partial charge in [0.15, 0.2) is 17.4 Å². The van der Waals surface area contributed by atoms with Crippen molar-refractivity contribution < 1.29 is 8.42 Å². The first-order chi connectivity index (χ1) is 13.0. The highest BCUT2D eigenvalue weighted by atomic mass is 127. The SMILES string of the molecule is CN=C(NCc1ccccc1NS(C)(=O)=O)NCc1nnc2ccccn12.I. The molecule has 0 aliphatic heterocycles. The molecule has 0 unspecified atom stereocenters. The number of para-hydroxylation sites is 1. The Morgan fingerprint density at radius 2 is 1.79 bits per heavy atom. The zero-order valence-corrected chi connectivity index (χ0v) is 18.6. The van der Waals surface area contributed by atoms with Gasteiger partial charge in [0.1, 0.15) is 0 Å². The molecule has 2 heterocycles. The fourth-order valence-corrected chi connectivity index (χ4v) is 3.15. The Morgan fingerprint density at radius 3 is 2.54 bits per heavy atom. The van der Waals surface area contributed by atoms with Crippen LogP contribution < -0.4 is 15.4 Å². The smallest absolute Gasteiger partial charge is 0.229 e. The summed E-state index contributed by atoms with van der Waals surface area (Å²) in [4.78, 5) is 4.19. The Morgan fingerprint density at radius 1 is 1.07 bits per heavy atom. The third kappa shape index (κ3) is 5.79. The number of aliphatic imine (C=N–C) groups is 1. The Balaban J connectivity index is 0.00000280. The predicted molar refractivity (Wildman–Crippen MR) is 120 cm³/mol. The summed E-state index contributed by atoms with van der Waals surface area (Å²) in [6, 6.07) is 12.9. The van der Waals surface area contributed by atoms with Gasteiger partial charge in [0.05, 0.1) is 18.5 Å². The Bertz CT molecular complexity index is 1070. The van der Waals surface area contributed by atoms with Crippen LogP contribution in [0.25, 0.3) is 5.65 Å². The molecule has 9 nitrogen and oxygen atoms in total. The number of benzene rings is 1. The molecule has 0 saturated carbocycles. The van der Waals surface area contributed by atoms with Crippen molar-refractivity contribution in [3.8, 4) is 0 Å². The molecule has 0 radical (unpaired) electrons. The number of fused-ring (bicyclic) bond motifs is 1. The van der Waals surface area contributed by atoms with E-state index < -0.39 is 10.0 Å². The van der Waals surface area contributed by atoms with Gasteiger partial charge in [0.2, 0.25) is 10.0 Å². The van der Waals surface area contributed by atoms with Crippen LogP contribution in [-0.4, -0.2) is 42.3 Å². The standard InChI is InChI=1S/C17H21N7O2S.HI/c1-18-17(20-12-16-22-21-15-9-5-6-10-24(15)16)19-11-13-7-3-4-8-14(13)23-27(2,25)26;/h3-10,23H,11-12H2,1-2H3,(H2,18,19,20);1H. The van der Waals surface area contributed by atoms with Crippen LogP contribution >= 0.6 is 24.0 Å². The number of pyridine rings is 1. The maximum Gasteiger partial charge on any atom is 0.229 e. The largest absolute Gasteiger partial charge is 0.352 e. The second-order valence-electron chi connectivity index (χ2n) is 5.86. The van der Waals surface area contributed by atoms with E-state index >= 15 is 0 Å². The van der Waals surface area contributed by atoms with E-state index in [-0.39, 0.29) is 24.0 Å². The molecule has 28 heavy (non-hydrogen) atoms. The van der Waals surface area contributed by atoms with Gasteiger partial charge in [0, 0.05) is 19.8 Å². The Kier molecular flexibility index (Phi) is 7.57. The van der Waals surface area contributed by atoms with Crippen LogP contribution in [0, 0.1) is 0 Å². The van der Waals surface area contributed by atoms with E-state index in [1.165, 1.54) is 0 Å². The average molecular weight is 515 g/mol. The van der Waals surface area contributed by atoms with Crippen molar-refractivity contribution in [1.82, 2.24) is 25.2 Å². The minimum atomic E-state index is -3.35. The first-order valence-corrected chi connectivity index (χ1v) is 10.1. The van der Waals surface area contributed by atoms with E-state index in [1.807, 2.05) is 40.9 Å². The molecule has 0 amide bonds. The topological polar surface area (TPSA) is 113 Å². The number of halogens is 1. The summed E-state index contributed by atoms with van der Waals surface area (Å²) < 4.78 is 27.4. The summed E-state index contributed by atoms with van der Waals surface area (Å²) in [6.45, 7) is 0.840. The molecule has 2 aromatic heterocycles.